The molecule has 106 valence electrons. The first-order chi connectivity index (χ1) is 9.05. The third kappa shape index (κ3) is 3.48. The smallest absolute Gasteiger partial charge is 0.119 e. The Morgan fingerprint density at radius 1 is 1.32 bits per heavy atom. The van der Waals surface area contributed by atoms with Crippen LogP contribution < -0.4 is 10.1 Å². The topological polar surface area (TPSA) is 30.5 Å². The van der Waals surface area contributed by atoms with Gasteiger partial charge in [0.2, 0.25) is 0 Å². The zero-order valence-electron chi connectivity index (χ0n) is 12.5. The minimum absolute atomic E-state index is 0.0498. The molecule has 3 heteroatoms. The van der Waals surface area contributed by atoms with Crippen LogP contribution in [0.5, 0.6) is 5.75 Å². The van der Waals surface area contributed by atoms with Crippen LogP contribution >= 0.6 is 0 Å². The lowest BCUT2D eigenvalue weighted by molar-refractivity contribution is 0.0115. The van der Waals surface area contributed by atoms with Gasteiger partial charge in [-0.15, -0.1) is 0 Å². The fraction of sp³-hybridized carbons (Fsp3) is 0.625. The van der Waals surface area contributed by atoms with E-state index in [1.54, 1.807) is 14.2 Å². The van der Waals surface area contributed by atoms with E-state index in [1.807, 2.05) is 0 Å². The van der Waals surface area contributed by atoms with Crippen molar-refractivity contribution < 1.29 is 9.47 Å². The molecule has 1 aliphatic heterocycles. The molecule has 2 rings (SSSR count). The molecule has 1 aromatic rings. The summed E-state index contributed by atoms with van der Waals surface area (Å²) >= 11 is 0. The molecule has 1 heterocycles. The van der Waals surface area contributed by atoms with Gasteiger partial charge in [-0.2, -0.15) is 0 Å². The number of benzene rings is 1. The van der Waals surface area contributed by atoms with Gasteiger partial charge in [0.05, 0.1) is 12.7 Å². The van der Waals surface area contributed by atoms with Crippen LogP contribution in [0, 0.1) is 0 Å². The van der Waals surface area contributed by atoms with E-state index in [1.165, 1.54) is 11.1 Å². The molecule has 0 spiro atoms. The first-order valence-electron chi connectivity index (χ1n) is 7.01. The van der Waals surface area contributed by atoms with Crippen LogP contribution in [0.3, 0.4) is 0 Å². The Kier molecular flexibility index (Phi) is 4.48. The van der Waals surface area contributed by atoms with Crippen molar-refractivity contribution in [1.82, 2.24) is 5.32 Å². The standard InChI is InChI=1S/C16H25NO2/c1-16(2,19-4)9-7-15-14-6-5-13(18-3)11-12(14)8-10-17-15/h5-6,11,15,17H,7-10H2,1-4H3. The normalized spacial score (nSPS) is 19.1. The molecule has 0 radical (unpaired) electrons. The second-order valence-corrected chi connectivity index (χ2v) is 5.82. The van der Waals surface area contributed by atoms with Crippen LogP contribution in [-0.2, 0) is 11.2 Å². The summed E-state index contributed by atoms with van der Waals surface area (Å²) in [5.41, 5.74) is 2.78. The lowest BCUT2D eigenvalue weighted by Crippen LogP contribution is -2.32. The maximum Gasteiger partial charge on any atom is 0.119 e. The molecule has 0 saturated heterocycles. The Bertz CT molecular complexity index is 429. The summed E-state index contributed by atoms with van der Waals surface area (Å²) < 4.78 is 10.8. The highest BCUT2D eigenvalue weighted by atomic mass is 16.5. The van der Waals surface area contributed by atoms with Crippen molar-refractivity contribution in [3.63, 3.8) is 0 Å². The van der Waals surface area contributed by atoms with Gasteiger partial charge >= 0.3 is 0 Å². The molecule has 1 aromatic carbocycles. The van der Waals surface area contributed by atoms with Crippen molar-refractivity contribution in [2.75, 3.05) is 20.8 Å². The van der Waals surface area contributed by atoms with Gasteiger partial charge in [0.25, 0.3) is 0 Å². The number of ether oxygens (including phenoxy) is 2. The van der Waals surface area contributed by atoms with Crippen LogP contribution in [0.4, 0.5) is 0 Å². The molecule has 1 unspecified atom stereocenters. The lowest BCUT2D eigenvalue weighted by atomic mass is 9.89. The van der Waals surface area contributed by atoms with Crippen LogP contribution in [0.2, 0.25) is 0 Å². The fourth-order valence-electron chi connectivity index (χ4n) is 2.61. The van der Waals surface area contributed by atoms with Crippen LogP contribution in [0.25, 0.3) is 0 Å². The summed E-state index contributed by atoms with van der Waals surface area (Å²) in [6.45, 7) is 5.33. The Morgan fingerprint density at radius 2 is 2.11 bits per heavy atom. The van der Waals surface area contributed by atoms with E-state index in [0.29, 0.717) is 6.04 Å². The van der Waals surface area contributed by atoms with E-state index in [0.717, 1.165) is 31.6 Å². The van der Waals surface area contributed by atoms with Gasteiger partial charge in [0.15, 0.2) is 0 Å². The zero-order valence-corrected chi connectivity index (χ0v) is 12.5. The van der Waals surface area contributed by atoms with Crippen molar-refractivity contribution in [3.8, 4) is 5.75 Å². The van der Waals surface area contributed by atoms with Gasteiger partial charge in [0, 0.05) is 13.2 Å². The molecule has 0 aliphatic carbocycles. The molecule has 0 fully saturated rings. The minimum Gasteiger partial charge on any atom is -0.497 e. The van der Waals surface area contributed by atoms with E-state index in [2.05, 4.69) is 37.4 Å². The number of hydrogen-bond donors (Lipinski definition) is 1. The molecule has 1 N–H and O–H groups in total. The molecular weight excluding hydrogens is 238 g/mol. The third-order valence-corrected chi connectivity index (χ3v) is 4.10. The molecule has 3 nitrogen and oxygen atoms in total. The Hall–Kier alpha value is -1.06. The van der Waals surface area contributed by atoms with Crippen molar-refractivity contribution in [1.29, 1.82) is 0 Å². The maximum absolute atomic E-state index is 5.51. The fourth-order valence-corrected chi connectivity index (χ4v) is 2.61. The van der Waals surface area contributed by atoms with Crippen molar-refractivity contribution >= 4 is 0 Å². The van der Waals surface area contributed by atoms with Crippen LogP contribution in [0.15, 0.2) is 18.2 Å². The van der Waals surface area contributed by atoms with Gasteiger partial charge in [-0.1, -0.05) is 6.07 Å². The van der Waals surface area contributed by atoms with Crippen LogP contribution in [0.1, 0.15) is 43.9 Å². The SMILES string of the molecule is COc1ccc2c(c1)CCNC2CCC(C)(C)OC. The highest BCUT2D eigenvalue weighted by molar-refractivity contribution is 5.39. The first-order valence-corrected chi connectivity index (χ1v) is 7.01. The molecule has 1 atom stereocenters. The summed E-state index contributed by atoms with van der Waals surface area (Å²) in [5, 5.41) is 3.61. The largest absolute Gasteiger partial charge is 0.497 e. The summed E-state index contributed by atoms with van der Waals surface area (Å²) in [5.74, 6) is 0.955. The zero-order chi connectivity index (χ0) is 13.9. The first kappa shape index (κ1) is 14.4. The number of rotatable bonds is 5. The molecule has 0 amide bonds. The van der Waals surface area contributed by atoms with E-state index in [9.17, 15) is 0 Å². The monoisotopic (exact) mass is 263 g/mol. The minimum atomic E-state index is -0.0498. The molecule has 19 heavy (non-hydrogen) atoms. The summed E-state index contributed by atoms with van der Waals surface area (Å²) in [6, 6.07) is 6.86. The second kappa shape index (κ2) is 5.93. The highest BCUT2D eigenvalue weighted by Gasteiger charge is 2.24. The lowest BCUT2D eigenvalue weighted by Gasteiger charge is -2.30. The van der Waals surface area contributed by atoms with Gasteiger partial charge in [-0.3, -0.25) is 0 Å². The summed E-state index contributed by atoms with van der Waals surface area (Å²) in [6.07, 6.45) is 3.23. The molecule has 0 aromatic heterocycles. The van der Waals surface area contributed by atoms with Crippen LogP contribution in [-0.4, -0.2) is 26.4 Å². The Balaban J connectivity index is 2.09. The average molecular weight is 263 g/mol. The van der Waals surface area contributed by atoms with E-state index < -0.39 is 0 Å². The average Bonchev–Trinajstić information content (AvgIpc) is 2.44. The van der Waals surface area contributed by atoms with Crippen molar-refractivity contribution in [2.45, 2.75) is 44.8 Å². The number of hydrogen-bond acceptors (Lipinski definition) is 3. The van der Waals surface area contributed by atoms with E-state index in [-0.39, 0.29) is 5.60 Å². The predicted molar refractivity (Wildman–Crippen MR) is 77.8 cm³/mol. The quantitative estimate of drug-likeness (QED) is 0.885. The number of nitrogens with one attached hydrogen (secondary N) is 1. The van der Waals surface area contributed by atoms with Gasteiger partial charge in [-0.05, 0) is 62.9 Å². The number of fused-ring (bicyclic) bond motifs is 1. The molecular formula is C16H25NO2. The Morgan fingerprint density at radius 3 is 2.79 bits per heavy atom. The van der Waals surface area contributed by atoms with Gasteiger partial charge < -0.3 is 14.8 Å². The predicted octanol–water partition coefficient (Wildman–Crippen LogP) is 3.09. The Labute approximate surface area is 116 Å². The van der Waals surface area contributed by atoms with Crippen molar-refractivity contribution in [3.05, 3.63) is 29.3 Å². The number of methoxy groups -OCH3 is 2. The highest BCUT2D eigenvalue weighted by Crippen LogP contribution is 2.31. The van der Waals surface area contributed by atoms with Gasteiger partial charge in [-0.25, -0.2) is 0 Å². The third-order valence-electron chi connectivity index (χ3n) is 4.10. The summed E-state index contributed by atoms with van der Waals surface area (Å²) in [4.78, 5) is 0. The second-order valence-electron chi connectivity index (χ2n) is 5.82. The van der Waals surface area contributed by atoms with Gasteiger partial charge in [0.1, 0.15) is 5.75 Å². The molecule has 0 saturated carbocycles. The van der Waals surface area contributed by atoms with E-state index in [4.69, 9.17) is 9.47 Å². The molecule has 1 aliphatic rings. The maximum atomic E-state index is 5.51. The molecule has 0 bridgehead atoms. The van der Waals surface area contributed by atoms with Crippen molar-refractivity contribution in [2.24, 2.45) is 0 Å². The summed E-state index contributed by atoms with van der Waals surface area (Å²) in [7, 11) is 3.51. The van der Waals surface area contributed by atoms with E-state index >= 15 is 0 Å².